The summed E-state index contributed by atoms with van der Waals surface area (Å²) in [6.45, 7) is 5.44. The topological polar surface area (TPSA) is 84.7 Å². The fourth-order valence-corrected chi connectivity index (χ4v) is 2.61. The molecule has 2 amide bonds. The van der Waals surface area contributed by atoms with Crippen LogP contribution in [0.25, 0.3) is 0 Å². The Bertz CT molecular complexity index is 537. The summed E-state index contributed by atoms with van der Waals surface area (Å²) in [6.07, 6.45) is -0.108. The van der Waals surface area contributed by atoms with Crippen LogP contribution in [0.5, 0.6) is 0 Å². The second kappa shape index (κ2) is 7.38. The van der Waals surface area contributed by atoms with E-state index in [-0.39, 0.29) is 12.2 Å². The summed E-state index contributed by atoms with van der Waals surface area (Å²) in [5.74, 6) is -1.09. The first-order valence-corrected chi connectivity index (χ1v) is 7.50. The third-order valence-corrected chi connectivity index (χ3v) is 3.58. The lowest BCUT2D eigenvalue weighted by molar-refractivity contribution is -0.153. The maximum absolute atomic E-state index is 12.2. The Kier molecular flexibility index (Phi) is 5.51. The van der Waals surface area contributed by atoms with Gasteiger partial charge in [0.05, 0.1) is 12.2 Å². The number of carbonyl (C=O) groups is 2. The van der Waals surface area contributed by atoms with Gasteiger partial charge in [-0.25, -0.2) is 0 Å². The Labute approximate surface area is 130 Å². The zero-order chi connectivity index (χ0) is 16.1. The minimum absolute atomic E-state index is 0.0539. The zero-order valence-corrected chi connectivity index (χ0v) is 13.0. The Balaban J connectivity index is 1.89. The van der Waals surface area contributed by atoms with E-state index in [4.69, 9.17) is 10.5 Å². The summed E-state index contributed by atoms with van der Waals surface area (Å²) < 4.78 is 5.56. The number of nitrogens with one attached hydrogen (secondary N) is 1. The highest BCUT2D eigenvalue weighted by atomic mass is 16.5. The van der Waals surface area contributed by atoms with Crippen LogP contribution in [-0.4, -0.2) is 42.0 Å². The van der Waals surface area contributed by atoms with Crippen molar-refractivity contribution in [1.29, 1.82) is 0 Å². The van der Waals surface area contributed by atoms with Crippen LogP contribution in [0.3, 0.4) is 0 Å². The average Bonchev–Trinajstić information content (AvgIpc) is 2.51. The van der Waals surface area contributed by atoms with E-state index in [9.17, 15) is 9.59 Å². The molecule has 2 unspecified atom stereocenters. The van der Waals surface area contributed by atoms with Crippen molar-refractivity contribution in [2.24, 2.45) is 5.73 Å². The molecule has 6 heteroatoms. The van der Waals surface area contributed by atoms with Crippen molar-refractivity contribution < 1.29 is 14.3 Å². The lowest BCUT2D eigenvalue weighted by Crippen LogP contribution is -2.52. The number of amides is 2. The summed E-state index contributed by atoms with van der Waals surface area (Å²) in [5, 5.41) is 2.67. The lowest BCUT2D eigenvalue weighted by atomic mass is 10.1. The van der Waals surface area contributed by atoms with E-state index in [1.165, 1.54) is 0 Å². The van der Waals surface area contributed by atoms with Crippen LogP contribution in [0, 0.1) is 0 Å². The zero-order valence-electron chi connectivity index (χ0n) is 13.0. The van der Waals surface area contributed by atoms with Gasteiger partial charge in [-0.2, -0.15) is 0 Å². The predicted octanol–water partition coefficient (Wildman–Crippen LogP) is 0.397. The summed E-state index contributed by atoms with van der Waals surface area (Å²) in [6, 6.07) is 7.62. The Morgan fingerprint density at radius 3 is 2.55 bits per heavy atom. The first kappa shape index (κ1) is 16.5. The van der Waals surface area contributed by atoms with Gasteiger partial charge in [0.15, 0.2) is 0 Å². The molecule has 120 valence electrons. The van der Waals surface area contributed by atoms with Crippen LogP contribution in [0.2, 0.25) is 0 Å². The highest BCUT2D eigenvalue weighted by molar-refractivity contribution is 6.35. The van der Waals surface area contributed by atoms with E-state index >= 15 is 0 Å². The van der Waals surface area contributed by atoms with E-state index in [2.05, 4.69) is 5.32 Å². The third kappa shape index (κ3) is 4.29. The fraction of sp³-hybridized carbons (Fsp3) is 0.500. The van der Waals surface area contributed by atoms with Gasteiger partial charge >= 0.3 is 11.8 Å². The third-order valence-electron chi connectivity index (χ3n) is 3.58. The van der Waals surface area contributed by atoms with Gasteiger partial charge < -0.3 is 20.7 Å². The van der Waals surface area contributed by atoms with Crippen LogP contribution in [0.1, 0.15) is 25.0 Å². The van der Waals surface area contributed by atoms with Crippen LogP contribution in [-0.2, 0) is 27.4 Å². The van der Waals surface area contributed by atoms with Crippen LogP contribution in [0.15, 0.2) is 24.3 Å². The molecule has 2 atom stereocenters. The molecule has 1 aliphatic heterocycles. The van der Waals surface area contributed by atoms with Gasteiger partial charge in [0, 0.05) is 26.2 Å². The number of benzene rings is 1. The SMILES string of the molecule is CC1CN(C(=O)C(=O)NCc2cccc(CN)c2)CC(C)O1. The highest BCUT2D eigenvalue weighted by Crippen LogP contribution is 2.11. The molecule has 0 spiro atoms. The molecule has 1 aliphatic rings. The molecule has 0 radical (unpaired) electrons. The average molecular weight is 305 g/mol. The Morgan fingerprint density at radius 1 is 1.27 bits per heavy atom. The normalized spacial score (nSPS) is 21.5. The van der Waals surface area contributed by atoms with E-state index in [1.54, 1.807) is 4.90 Å². The quantitative estimate of drug-likeness (QED) is 0.792. The van der Waals surface area contributed by atoms with Gasteiger partial charge in [0.1, 0.15) is 0 Å². The lowest BCUT2D eigenvalue weighted by Gasteiger charge is -2.34. The molecule has 1 saturated heterocycles. The van der Waals surface area contributed by atoms with Gasteiger partial charge in [-0.05, 0) is 25.0 Å². The molecular weight excluding hydrogens is 282 g/mol. The van der Waals surface area contributed by atoms with Crippen molar-refractivity contribution in [3.63, 3.8) is 0 Å². The standard InChI is InChI=1S/C16H23N3O3/c1-11-9-19(10-12(2)22-11)16(21)15(20)18-8-14-5-3-4-13(6-14)7-17/h3-6,11-12H,7-10,17H2,1-2H3,(H,18,20). The van der Waals surface area contributed by atoms with Crippen molar-refractivity contribution in [1.82, 2.24) is 10.2 Å². The first-order chi connectivity index (χ1) is 10.5. The molecule has 0 aliphatic carbocycles. The maximum atomic E-state index is 12.2. The molecule has 1 aromatic rings. The Hall–Kier alpha value is -1.92. The second-order valence-corrected chi connectivity index (χ2v) is 5.67. The molecule has 1 heterocycles. The van der Waals surface area contributed by atoms with Gasteiger partial charge in [0.25, 0.3) is 0 Å². The molecule has 22 heavy (non-hydrogen) atoms. The highest BCUT2D eigenvalue weighted by Gasteiger charge is 2.29. The van der Waals surface area contributed by atoms with Crippen LogP contribution < -0.4 is 11.1 Å². The van der Waals surface area contributed by atoms with Gasteiger partial charge in [-0.3, -0.25) is 9.59 Å². The first-order valence-electron chi connectivity index (χ1n) is 7.50. The summed E-state index contributed by atoms with van der Waals surface area (Å²) in [4.78, 5) is 25.7. The molecule has 1 aromatic carbocycles. The number of hydrogen-bond acceptors (Lipinski definition) is 4. The summed E-state index contributed by atoms with van der Waals surface area (Å²) >= 11 is 0. The summed E-state index contributed by atoms with van der Waals surface area (Å²) in [5.41, 5.74) is 7.50. The van der Waals surface area contributed by atoms with Crippen LogP contribution in [0.4, 0.5) is 0 Å². The minimum atomic E-state index is -0.584. The monoisotopic (exact) mass is 305 g/mol. The van der Waals surface area contributed by atoms with Crippen molar-refractivity contribution >= 4 is 11.8 Å². The number of rotatable bonds is 3. The van der Waals surface area contributed by atoms with E-state index in [1.807, 2.05) is 38.1 Å². The number of morpholine rings is 1. The number of ether oxygens (including phenoxy) is 1. The van der Waals surface area contributed by atoms with Crippen molar-refractivity contribution in [2.75, 3.05) is 13.1 Å². The maximum Gasteiger partial charge on any atom is 0.312 e. The number of nitrogens with zero attached hydrogens (tertiary/aromatic N) is 1. The predicted molar refractivity (Wildman–Crippen MR) is 82.8 cm³/mol. The fourth-order valence-electron chi connectivity index (χ4n) is 2.61. The van der Waals surface area contributed by atoms with Crippen molar-refractivity contribution in [3.8, 4) is 0 Å². The molecule has 3 N–H and O–H groups in total. The molecule has 1 fully saturated rings. The second-order valence-electron chi connectivity index (χ2n) is 5.67. The molecular formula is C16H23N3O3. The molecule has 2 rings (SSSR count). The van der Waals surface area contributed by atoms with Gasteiger partial charge in [-0.1, -0.05) is 24.3 Å². The van der Waals surface area contributed by atoms with Gasteiger partial charge in [-0.15, -0.1) is 0 Å². The molecule has 6 nitrogen and oxygen atoms in total. The Morgan fingerprint density at radius 2 is 1.91 bits per heavy atom. The smallest absolute Gasteiger partial charge is 0.312 e. The summed E-state index contributed by atoms with van der Waals surface area (Å²) in [7, 11) is 0. The molecule has 0 bridgehead atoms. The van der Waals surface area contributed by atoms with Crippen molar-refractivity contribution in [2.45, 2.75) is 39.1 Å². The van der Waals surface area contributed by atoms with E-state index in [0.717, 1.165) is 11.1 Å². The van der Waals surface area contributed by atoms with Crippen molar-refractivity contribution in [3.05, 3.63) is 35.4 Å². The molecule has 0 saturated carbocycles. The number of carbonyl (C=O) groups excluding carboxylic acids is 2. The minimum Gasteiger partial charge on any atom is -0.372 e. The van der Waals surface area contributed by atoms with E-state index < -0.39 is 11.8 Å². The number of nitrogens with two attached hydrogens (primary N) is 1. The number of hydrogen-bond donors (Lipinski definition) is 2. The molecule has 0 aromatic heterocycles. The van der Waals surface area contributed by atoms with Gasteiger partial charge in [0.2, 0.25) is 0 Å². The largest absolute Gasteiger partial charge is 0.372 e. The van der Waals surface area contributed by atoms with Crippen LogP contribution >= 0.6 is 0 Å². The van der Waals surface area contributed by atoms with E-state index in [0.29, 0.717) is 26.2 Å².